The second-order valence-corrected chi connectivity index (χ2v) is 9.64. The number of nitrogens with zero attached hydrogens (tertiary/aromatic N) is 1. The van der Waals surface area contributed by atoms with Crippen LogP contribution in [0.2, 0.25) is 0 Å². The van der Waals surface area contributed by atoms with Crippen molar-refractivity contribution in [3.63, 3.8) is 0 Å². The first kappa shape index (κ1) is 17.8. The number of likely N-dealkylation sites (tertiary alicyclic amines) is 1. The predicted molar refractivity (Wildman–Crippen MR) is 95.8 cm³/mol. The fourth-order valence-electron chi connectivity index (χ4n) is 4.40. The van der Waals surface area contributed by atoms with Crippen LogP contribution in [-0.2, 0) is 32.3 Å². The van der Waals surface area contributed by atoms with Gasteiger partial charge in [-0.25, -0.2) is 8.42 Å². The van der Waals surface area contributed by atoms with Gasteiger partial charge in [-0.2, -0.15) is 0 Å². The summed E-state index contributed by atoms with van der Waals surface area (Å²) in [4.78, 5) is 14.0. The van der Waals surface area contributed by atoms with E-state index in [-0.39, 0.29) is 30.2 Å². The normalized spacial score (nSPS) is 29.2. The quantitative estimate of drug-likeness (QED) is 0.773. The van der Waals surface area contributed by atoms with E-state index in [0.717, 1.165) is 18.8 Å². The van der Waals surface area contributed by atoms with E-state index >= 15 is 0 Å². The van der Waals surface area contributed by atoms with Crippen LogP contribution in [0.1, 0.15) is 11.1 Å². The van der Waals surface area contributed by atoms with Crippen LogP contribution in [0.4, 0.5) is 0 Å². The second-order valence-electron chi connectivity index (χ2n) is 7.37. The number of hydrogen-bond donors (Lipinski definition) is 1. The maximum absolute atomic E-state index is 12.5. The Balaban J connectivity index is 1.45. The lowest BCUT2D eigenvalue weighted by atomic mass is 10.0. The Morgan fingerprint density at radius 3 is 3.04 bits per heavy atom. The highest BCUT2D eigenvalue weighted by Gasteiger charge is 2.52. The SMILES string of the molecule is COCC(=O)N[C@@H]1CS(=O)(=O)[C@H]2CN(Cc3ccc4c(c3)CCO4)C[C@@H]12. The van der Waals surface area contributed by atoms with Gasteiger partial charge in [0.2, 0.25) is 5.91 Å². The molecule has 0 radical (unpaired) electrons. The van der Waals surface area contributed by atoms with Crippen LogP contribution in [0.5, 0.6) is 5.75 Å². The highest BCUT2D eigenvalue weighted by atomic mass is 32.2. The van der Waals surface area contributed by atoms with Gasteiger partial charge in [0.1, 0.15) is 12.4 Å². The van der Waals surface area contributed by atoms with E-state index < -0.39 is 15.1 Å². The molecule has 2 fully saturated rings. The minimum atomic E-state index is -3.19. The maximum Gasteiger partial charge on any atom is 0.246 e. The molecule has 8 heteroatoms. The molecule has 26 heavy (non-hydrogen) atoms. The van der Waals surface area contributed by atoms with E-state index in [1.54, 1.807) is 0 Å². The van der Waals surface area contributed by atoms with Crippen molar-refractivity contribution in [3.8, 4) is 5.75 Å². The van der Waals surface area contributed by atoms with Crippen molar-refractivity contribution in [2.45, 2.75) is 24.3 Å². The fourth-order valence-corrected chi connectivity index (χ4v) is 6.72. The Morgan fingerprint density at radius 1 is 1.38 bits per heavy atom. The predicted octanol–water partition coefficient (Wildman–Crippen LogP) is -0.0185. The number of benzene rings is 1. The second kappa shape index (κ2) is 6.83. The standard InChI is InChI=1S/C18H24N2O5S/c1-24-10-18(21)19-15-11-26(22,23)17-9-20(8-14(15)17)7-12-2-3-16-13(6-12)4-5-25-16/h2-3,6,14-15,17H,4-5,7-11H2,1H3,(H,19,21)/t14-,15+,17-/m0/s1. The van der Waals surface area contributed by atoms with Crippen LogP contribution < -0.4 is 10.1 Å². The van der Waals surface area contributed by atoms with Crippen LogP contribution in [0.15, 0.2) is 18.2 Å². The smallest absolute Gasteiger partial charge is 0.246 e. The van der Waals surface area contributed by atoms with Gasteiger partial charge < -0.3 is 14.8 Å². The Hall–Kier alpha value is -1.64. The van der Waals surface area contributed by atoms with Gasteiger partial charge >= 0.3 is 0 Å². The Bertz CT molecular complexity index is 810. The first-order valence-corrected chi connectivity index (χ1v) is 10.6. The van der Waals surface area contributed by atoms with E-state index in [9.17, 15) is 13.2 Å². The van der Waals surface area contributed by atoms with Gasteiger partial charge in [0.15, 0.2) is 9.84 Å². The van der Waals surface area contributed by atoms with Gasteiger partial charge in [-0.15, -0.1) is 0 Å². The van der Waals surface area contributed by atoms with Crippen LogP contribution in [0, 0.1) is 5.92 Å². The van der Waals surface area contributed by atoms with Crippen molar-refractivity contribution >= 4 is 15.7 Å². The molecule has 0 bridgehead atoms. The molecule has 3 aliphatic heterocycles. The monoisotopic (exact) mass is 380 g/mol. The third kappa shape index (κ3) is 3.33. The molecule has 142 valence electrons. The zero-order valence-corrected chi connectivity index (χ0v) is 15.6. The number of hydrogen-bond acceptors (Lipinski definition) is 6. The van der Waals surface area contributed by atoms with E-state index in [1.165, 1.54) is 18.2 Å². The minimum absolute atomic E-state index is 0.0296. The topological polar surface area (TPSA) is 84.9 Å². The van der Waals surface area contributed by atoms with Crippen molar-refractivity contribution in [2.24, 2.45) is 5.92 Å². The van der Waals surface area contributed by atoms with Gasteiger partial charge in [0.25, 0.3) is 0 Å². The van der Waals surface area contributed by atoms with Gasteiger partial charge in [0.05, 0.1) is 17.6 Å². The molecule has 0 spiro atoms. The van der Waals surface area contributed by atoms with Crippen molar-refractivity contribution in [3.05, 3.63) is 29.3 Å². The summed E-state index contributed by atoms with van der Waals surface area (Å²) in [6.07, 6.45) is 0.927. The van der Waals surface area contributed by atoms with E-state index in [0.29, 0.717) is 19.6 Å². The molecule has 3 heterocycles. The first-order chi connectivity index (χ1) is 12.5. The molecule has 1 N–H and O–H groups in total. The third-order valence-corrected chi connectivity index (χ3v) is 7.80. The number of fused-ring (bicyclic) bond motifs is 2. The molecule has 4 rings (SSSR count). The zero-order chi connectivity index (χ0) is 18.3. The average molecular weight is 380 g/mol. The lowest BCUT2D eigenvalue weighted by molar-refractivity contribution is -0.125. The number of methoxy groups -OCH3 is 1. The molecule has 1 amide bonds. The van der Waals surface area contributed by atoms with Crippen molar-refractivity contribution < 1.29 is 22.7 Å². The highest BCUT2D eigenvalue weighted by Crippen LogP contribution is 2.35. The highest BCUT2D eigenvalue weighted by molar-refractivity contribution is 7.92. The van der Waals surface area contributed by atoms with Crippen molar-refractivity contribution in [1.29, 1.82) is 0 Å². The van der Waals surface area contributed by atoms with Gasteiger partial charge in [-0.1, -0.05) is 12.1 Å². The van der Waals surface area contributed by atoms with Gasteiger partial charge in [-0.05, 0) is 17.2 Å². The van der Waals surface area contributed by atoms with E-state index in [1.807, 2.05) is 12.1 Å². The minimum Gasteiger partial charge on any atom is -0.493 e. The Kier molecular flexibility index (Phi) is 4.66. The lowest BCUT2D eigenvalue weighted by Crippen LogP contribution is -2.43. The largest absolute Gasteiger partial charge is 0.493 e. The van der Waals surface area contributed by atoms with Crippen LogP contribution in [0.25, 0.3) is 0 Å². The number of rotatable bonds is 5. The molecule has 7 nitrogen and oxygen atoms in total. The molecular formula is C18H24N2O5S. The molecule has 3 atom stereocenters. The summed E-state index contributed by atoms with van der Waals surface area (Å²) in [5.41, 5.74) is 2.39. The fraction of sp³-hybridized carbons (Fsp3) is 0.611. The molecule has 0 aliphatic carbocycles. The van der Waals surface area contributed by atoms with Crippen molar-refractivity contribution in [2.75, 3.05) is 39.2 Å². The summed E-state index contributed by atoms with van der Waals surface area (Å²) in [5, 5.41) is 2.44. The number of sulfone groups is 1. The molecular weight excluding hydrogens is 356 g/mol. The molecule has 0 unspecified atom stereocenters. The average Bonchev–Trinajstić information content (AvgIpc) is 3.25. The number of carbonyl (C=O) groups is 1. The lowest BCUT2D eigenvalue weighted by Gasteiger charge is -2.21. The van der Waals surface area contributed by atoms with Crippen LogP contribution in [-0.4, -0.2) is 69.7 Å². The number of amides is 1. The number of nitrogens with one attached hydrogen (secondary N) is 1. The number of ether oxygens (including phenoxy) is 2. The Labute approximate surface area is 153 Å². The van der Waals surface area contributed by atoms with Crippen LogP contribution in [0.3, 0.4) is 0 Å². The summed E-state index contributed by atoms with van der Waals surface area (Å²) >= 11 is 0. The molecule has 1 aromatic rings. The molecule has 0 saturated carbocycles. The first-order valence-electron chi connectivity index (χ1n) is 8.93. The summed E-state index contributed by atoms with van der Waals surface area (Å²) in [6, 6.07) is 5.87. The Morgan fingerprint density at radius 2 is 2.23 bits per heavy atom. The van der Waals surface area contributed by atoms with Crippen LogP contribution >= 0.6 is 0 Å². The molecule has 0 aromatic heterocycles. The summed E-state index contributed by atoms with van der Waals surface area (Å²) in [7, 11) is -1.73. The summed E-state index contributed by atoms with van der Waals surface area (Å²) < 4.78 is 35.4. The van der Waals surface area contributed by atoms with E-state index in [4.69, 9.17) is 9.47 Å². The van der Waals surface area contributed by atoms with Crippen molar-refractivity contribution in [1.82, 2.24) is 10.2 Å². The van der Waals surface area contributed by atoms with Gasteiger partial charge in [-0.3, -0.25) is 9.69 Å². The maximum atomic E-state index is 12.5. The molecule has 3 aliphatic rings. The molecule has 2 saturated heterocycles. The summed E-state index contributed by atoms with van der Waals surface area (Å²) in [6.45, 7) is 2.60. The molecule has 1 aromatic carbocycles. The van der Waals surface area contributed by atoms with Gasteiger partial charge in [0, 0.05) is 45.1 Å². The number of carbonyl (C=O) groups excluding carboxylic acids is 1. The summed E-state index contributed by atoms with van der Waals surface area (Å²) in [5.74, 6) is 0.668. The third-order valence-electron chi connectivity index (χ3n) is 5.56. The zero-order valence-electron chi connectivity index (χ0n) is 14.8. The van der Waals surface area contributed by atoms with E-state index in [2.05, 4.69) is 16.3 Å².